The second kappa shape index (κ2) is 9.12. The molecule has 0 bridgehead atoms. The van der Waals surface area contributed by atoms with Gasteiger partial charge in [0, 0.05) is 23.5 Å². The van der Waals surface area contributed by atoms with Crippen molar-refractivity contribution in [1.29, 1.82) is 0 Å². The molecular weight excluding hydrogens is 440 g/mol. The van der Waals surface area contributed by atoms with Crippen molar-refractivity contribution in [1.82, 2.24) is 4.98 Å². The van der Waals surface area contributed by atoms with Gasteiger partial charge in [-0.1, -0.05) is 42.5 Å². The summed E-state index contributed by atoms with van der Waals surface area (Å²) in [7, 11) is -3.80. The van der Waals surface area contributed by atoms with Gasteiger partial charge in [-0.25, -0.2) is 23.3 Å². The van der Waals surface area contributed by atoms with E-state index < -0.39 is 16.0 Å². The molecule has 0 aliphatic carbocycles. The Morgan fingerprint density at radius 3 is 2.24 bits per heavy atom. The van der Waals surface area contributed by atoms with Crippen molar-refractivity contribution < 1.29 is 22.4 Å². The summed E-state index contributed by atoms with van der Waals surface area (Å²) in [4.78, 5) is 15.9. The number of ether oxygens (including phenoxy) is 1. The van der Waals surface area contributed by atoms with E-state index >= 15 is 0 Å². The van der Waals surface area contributed by atoms with Crippen LogP contribution < -0.4 is 9.88 Å². The summed E-state index contributed by atoms with van der Waals surface area (Å²) in [5.41, 5.74) is 3.03. The van der Waals surface area contributed by atoms with Gasteiger partial charge >= 0.3 is 5.97 Å². The fourth-order valence-corrected chi connectivity index (χ4v) is 3.73. The van der Waals surface area contributed by atoms with Gasteiger partial charge < -0.3 is 9.15 Å². The van der Waals surface area contributed by atoms with Gasteiger partial charge in [0.1, 0.15) is 11.4 Å². The normalized spacial score (nSPS) is 11.0. The zero-order chi connectivity index (χ0) is 23.4. The minimum Gasteiger partial charge on any atom is -0.440 e. The molecule has 0 spiro atoms. The lowest BCUT2D eigenvalue weighted by Gasteiger charge is -2.03. The highest BCUT2D eigenvalue weighted by atomic mass is 32.2. The van der Waals surface area contributed by atoms with E-state index in [0.29, 0.717) is 35.1 Å². The average molecular weight is 458 g/mol. The van der Waals surface area contributed by atoms with Gasteiger partial charge in [-0.3, -0.25) is 0 Å². The van der Waals surface area contributed by atoms with E-state index in [1.807, 2.05) is 36.3 Å². The number of nitrogens with two attached hydrogens (primary N) is 1. The number of primary sulfonamides is 1. The second-order valence-corrected chi connectivity index (χ2v) is 8.64. The van der Waals surface area contributed by atoms with Crippen molar-refractivity contribution in [3.63, 3.8) is 0 Å². The number of nitrogens with zero attached hydrogens (tertiary/aromatic N) is 1. The molecule has 0 aliphatic heterocycles. The molecule has 0 fully saturated rings. The molecule has 3 aromatic carbocycles. The molecule has 0 unspecified atom stereocenters. The molecule has 8 heteroatoms. The van der Waals surface area contributed by atoms with E-state index in [2.05, 4.69) is 4.98 Å². The van der Waals surface area contributed by atoms with Crippen molar-refractivity contribution >= 4 is 16.0 Å². The zero-order valence-corrected chi connectivity index (χ0v) is 18.1. The van der Waals surface area contributed by atoms with Crippen molar-refractivity contribution in [3.8, 4) is 40.7 Å². The summed E-state index contributed by atoms with van der Waals surface area (Å²) in [6.45, 7) is 0. The Kier molecular flexibility index (Phi) is 6.09. The second-order valence-electron chi connectivity index (χ2n) is 7.08. The highest BCUT2D eigenvalue weighted by Gasteiger charge is 2.18. The number of terminal acetylenes is 1. The van der Waals surface area contributed by atoms with Gasteiger partial charge in [-0.2, -0.15) is 0 Å². The smallest absolute Gasteiger partial charge is 0.389 e. The van der Waals surface area contributed by atoms with Crippen molar-refractivity contribution in [2.75, 3.05) is 0 Å². The zero-order valence-electron chi connectivity index (χ0n) is 17.3. The first-order chi connectivity index (χ1) is 15.8. The molecule has 33 heavy (non-hydrogen) atoms. The number of aromatic nitrogens is 1. The summed E-state index contributed by atoms with van der Waals surface area (Å²) in [5.74, 6) is 2.45. The quantitative estimate of drug-likeness (QED) is 0.204. The Labute approximate surface area is 190 Å². The summed E-state index contributed by atoms with van der Waals surface area (Å²) < 4.78 is 34.2. The van der Waals surface area contributed by atoms with Crippen LogP contribution in [0.3, 0.4) is 0 Å². The average Bonchev–Trinajstić information content (AvgIpc) is 3.24. The Hall–Kier alpha value is -4.19. The molecule has 4 rings (SSSR count). The third-order valence-corrected chi connectivity index (χ3v) is 5.70. The van der Waals surface area contributed by atoms with Crippen LogP contribution in [0.4, 0.5) is 0 Å². The molecular formula is C25H18N2O5S. The van der Waals surface area contributed by atoms with E-state index in [0.717, 1.165) is 11.1 Å². The van der Waals surface area contributed by atoms with Crippen LogP contribution in [0.25, 0.3) is 22.6 Å². The number of oxazole rings is 1. The van der Waals surface area contributed by atoms with Crippen LogP contribution in [0.2, 0.25) is 0 Å². The molecule has 0 radical (unpaired) electrons. The van der Waals surface area contributed by atoms with E-state index in [1.165, 1.54) is 12.1 Å². The molecule has 164 valence electrons. The first-order valence-electron chi connectivity index (χ1n) is 9.79. The van der Waals surface area contributed by atoms with Crippen molar-refractivity contribution in [3.05, 3.63) is 90.3 Å². The van der Waals surface area contributed by atoms with Crippen LogP contribution in [-0.4, -0.2) is 19.4 Å². The third-order valence-electron chi connectivity index (χ3n) is 4.77. The maximum Gasteiger partial charge on any atom is 0.389 e. The number of hydrogen-bond acceptors (Lipinski definition) is 6. The SMILES string of the molecule is C#CC(=O)Oc1ccc(Cc2nc(-c3ccccc3)c(-c3ccc(S(N)(=O)=O)cc3)o2)cc1. The largest absolute Gasteiger partial charge is 0.440 e. The highest BCUT2D eigenvalue weighted by Crippen LogP contribution is 2.33. The maximum absolute atomic E-state index is 11.6. The van der Waals surface area contributed by atoms with Gasteiger partial charge in [0.2, 0.25) is 10.0 Å². The van der Waals surface area contributed by atoms with E-state index in [-0.39, 0.29) is 4.90 Å². The standard InChI is InChI=1S/C25H18N2O5S/c1-2-23(28)31-20-12-8-17(9-13-20)16-22-27-24(18-6-4-3-5-7-18)25(32-22)19-10-14-21(15-11-19)33(26,29)30/h1,3-15H,16H2,(H2,26,29,30). The van der Waals surface area contributed by atoms with E-state index in [1.54, 1.807) is 36.4 Å². The highest BCUT2D eigenvalue weighted by molar-refractivity contribution is 7.89. The maximum atomic E-state index is 11.6. The molecule has 2 N–H and O–H groups in total. The molecule has 0 aliphatic rings. The summed E-state index contributed by atoms with van der Waals surface area (Å²) in [6, 6.07) is 22.5. The third kappa shape index (κ3) is 5.18. The Balaban J connectivity index is 1.67. The predicted molar refractivity (Wildman–Crippen MR) is 122 cm³/mol. The van der Waals surface area contributed by atoms with Crippen LogP contribution in [0.15, 0.2) is 88.2 Å². The first-order valence-corrected chi connectivity index (χ1v) is 11.3. The summed E-state index contributed by atoms with van der Waals surface area (Å²) in [5, 5.41) is 5.20. The van der Waals surface area contributed by atoms with Gasteiger partial charge in [-0.15, -0.1) is 6.42 Å². The van der Waals surface area contributed by atoms with Gasteiger partial charge in [-0.05, 0) is 42.0 Å². The molecule has 0 saturated heterocycles. The lowest BCUT2D eigenvalue weighted by Crippen LogP contribution is -2.11. The van der Waals surface area contributed by atoms with Crippen molar-refractivity contribution in [2.45, 2.75) is 11.3 Å². The van der Waals surface area contributed by atoms with Crippen LogP contribution in [-0.2, 0) is 21.2 Å². The number of sulfonamides is 1. The van der Waals surface area contributed by atoms with Gasteiger partial charge in [0.05, 0.1) is 4.90 Å². The summed E-state index contributed by atoms with van der Waals surface area (Å²) in [6.07, 6.45) is 5.40. The number of rotatable bonds is 6. The summed E-state index contributed by atoms with van der Waals surface area (Å²) >= 11 is 0. The van der Waals surface area contributed by atoms with E-state index in [4.69, 9.17) is 20.7 Å². The molecule has 4 aromatic rings. The Morgan fingerprint density at radius 1 is 0.970 bits per heavy atom. The number of hydrogen-bond donors (Lipinski definition) is 1. The Morgan fingerprint density at radius 2 is 1.64 bits per heavy atom. The number of carbonyl (C=O) groups excluding carboxylic acids is 1. The number of benzene rings is 3. The molecule has 1 heterocycles. The first kappa shape index (κ1) is 22.0. The molecule has 0 amide bonds. The fraction of sp³-hybridized carbons (Fsp3) is 0.0400. The van der Waals surface area contributed by atoms with Crippen LogP contribution >= 0.6 is 0 Å². The lowest BCUT2D eigenvalue weighted by atomic mass is 10.1. The number of esters is 1. The minimum atomic E-state index is -3.80. The molecule has 0 saturated carbocycles. The lowest BCUT2D eigenvalue weighted by molar-refractivity contribution is -0.128. The van der Waals surface area contributed by atoms with Crippen LogP contribution in [0, 0.1) is 12.3 Å². The fourth-order valence-electron chi connectivity index (χ4n) is 3.21. The molecule has 7 nitrogen and oxygen atoms in total. The van der Waals surface area contributed by atoms with Gasteiger partial charge in [0.15, 0.2) is 11.7 Å². The number of carbonyl (C=O) groups is 1. The van der Waals surface area contributed by atoms with Crippen LogP contribution in [0.1, 0.15) is 11.5 Å². The van der Waals surface area contributed by atoms with Gasteiger partial charge in [0.25, 0.3) is 0 Å². The predicted octanol–water partition coefficient (Wildman–Crippen LogP) is 3.79. The van der Waals surface area contributed by atoms with Crippen LogP contribution in [0.5, 0.6) is 5.75 Å². The monoisotopic (exact) mass is 458 g/mol. The molecule has 0 atom stereocenters. The Bertz CT molecular complexity index is 1430. The topological polar surface area (TPSA) is 112 Å². The molecule has 1 aromatic heterocycles. The minimum absolute atomic E-state index is 0.0119. The van der Waals surface area contributed by atoms with Crippen molar-refractivity contribution in [2.24, 2.45) is 5.14 Å². The van der Waals surface area contributed by atoms with E-state index in [9.17, 15) is 13.2 Å².